The smallest absolute Gasteiger partial charge is 0.268 e. The fourth-order valence-corrected chi connectivity index (χ4v) is 5.10. The molecule has 2 heterocycles. The predicted octanol–water partition coefficient (Wildman–Crippen LogP) is 5.65. The number of carbonyl (C=O) groups is 2. The SMILES string of the molecule is COc1ccc(C(=O)N/C(=C\c2cccs2)C(=O)N[C@H](C)c2ccc(N3CCC(C)CC3)cc2)cc1OC. The molecule has 7 nitrogen and oxygen atoms in total. The molecule has 1 aromatic heterocycles. The topological polar surface area (TPSA) is 79.9 Å². The van der Waals surface area contributed by atoms with Crippen LogP contribution in [0.5, 0.6) is 11.5 Å². The molecule has 2 aromatic carbocycles. The van der Waals surface area contributed by atoms with Gasteiger partial charge in [-0.05, 0) is 79.1 Å². The van der Waals surface area contributed by atoms with Gasteiger partial charge in [-0.25, -0.2) is 0 Å². The first-order chi connectivity index (χ1) is 18.4. The first-order valence-electron chi connectivity index (χ1n) is 12.8. The molecular weight excluding hydrogens is 498 g/mol. The van der Waals surface area contributed by atoms with Crippen LogP contribution in [0.1, 0.15) is 53.5 Å². The molecule has 0 unspecified atom stereocenters. The Morgan fingerprint density at radius 3 is 2.37 bits per heavy atom. The highest BCUT2D eigenvalue weighted by Gasteiger charge is 2.20. The molecule has 0 saturated carbocycles. The molecule has 1 saturated heterocycles. The minimum absolute atomic E-state index is 0.165. The molecule has 0 spiro atoms. The van der Waals surface area contributed by atoms with Crippen molar-refractivity contribution >= 4 is 34.9 Å². The third kappa shape index (κ3) is 6.75. The summed E-state index contributed by atoms with van der Waals surface area (Å²) >= 11 is 1.48. The van der Waals surface area contributed by atoms with Crippen LogP contribution in [0, 0.1) is 5.92 Å². The fourth-order valence-electron chi connectivity index (χ4n) is 4.44. The largest absolute Gasteiger partial charge is 0.493 e. The first-order valence-corrected chi connectivity index (χ1v) is 13.7. The van der Waals surface area contributed by atoms with E-state index in [1.54, 1.807) is 24.3 Å². The van der Waals surface area contributed by atoms with Crippen molar-refractivity contribution < 1.29 is 19.1 Å². The summed E-state index contributed by atoms with van der Waals surface area (Å²) in [5, 5.41) is 7.74. The van der Waals surface area contributed by atoms with Gasteiger partial charge >= 0.3 is 0 Å². The fraction of sp³-hybridized carbons (Fsp3) is 0.333. The van der Waals surface area contributed by atoms with Crippen LogP contribution in [0.3, 0.4) is 0 Å². The van der Waals surface area contributed by atoms with E-state index in [9.17, 15) is 9.59 Å². The van der Waals surface area contributed by atoms with Crippen LogP contribution in [0.4, 0.5) is 5.69 Å². The molecule has 1 atom stereocenters. The summed E-state index contributed by atoms with van der Waals surface area (Å²) in [5.41, 5.74) is 2.72. The van der Waals surface area contributed by atoms with Gasteiger partial charge in [0, 0.05) is 29.2 Å². The monoisotopic (exact) mass is 533 g/mol. The van der Waals surface area contributed by atoms with Gasteiger partial charge in [0.15, 0.2) is 11.5 Å². The van der Waals surface area contributed by atoms with Crippen LogP contribution in [-0.4, -0.2) is 39.1 Å². The maximum Gasteiger partial charge on any atom is 0.268 e. The number of amides is 2. The maximum atomic E-state index is 13.3. The summed E-state index contributed by atoms with van der Waals surface area (Å²) in [6.07, 6.45) is 4.11. The summed E-state index contributed by atoms with van der Waals surface area (Å²) in [6, 6.07) is 16.8. The lowest BCUT2D eigenvalue weighted by atomic mass is 9.98. The van der Waals surface area contributed by atoms with E-state index in [2.05, 4.69) is 46.7 Å². The molecule has 1 aliphatic rings. The van der Waals surface area contributed by atoms with E-state index in [-0.39, 0.29) is 17.6 Å². The number of ether oxygens (including phenoxy) is 2. The van der Waals surface area contributed by atoms with Gasteiger partial charge in [0.2, 0.25) is 0 Å². The number of anilines is 1. The highest BCUT2D eigenvalue weighted by molar-refractivity contribution is 7.10. The highest BCUT2D eigenvalue weighted by atomic mass is 32.1. The standard InChI is InChI=1S/C30H35N3O4S/c1-20-13-15-33(16-14-20)24-10-7-22(8-11-24)21(2)31-30(35)26(19-25-6-5-17-38-25)32-29(34)23-9-12-27(36-3)28(18-23)37-4/h5-12,17-21H,13-16H2,1-4H3,(H,31,35)(H,32,34)/b26-19-/t21-/m1/s1. The molecule has 2 amide bonds. The Balaban J connectivity index is 1.47. The van der Waals surface area contributed by atoms with E-state index in [1.165, 1.54) is 44.1 Å². The maximum absolute atomic E-state index is 13.3. The van der Waals surface area contributed by atoms with E-state index in [0.717, 1.165) is 29.4 Å². The van der Waals surface area contributed by atoms with E-state index in [0.29, 0.717) is 17.1 Å². The number of carbonyl (C=O) groups excluding carboxylic acids is 2. The molecule has 8 heteroatoms. The summed E-state index contributed by atoms with van der Waals surface area (Å²) in [7, 11) is 3.04. The molecule has 0 radical (unpaired) electrons. The second kappa shape index (κ2) is 12.6. The number of thiophene rings is 1. The first kappa shape index (κ1) is 27.3. The zero-order valence-electron chi connectivity index (χ0n) is 22.3. The predicted molar refractivity (Wildman–Crippen MR) is 153 cm³/mol. The lowest BCUT2D eigenvalue weighted by molar-refractivity contribution is -0.118. The average molecular weight is 534 g/mol. The van der Waals surface area contributed by atoms with E-state index in [1.807, 2.05) is 24.4 Å². The Kier molecular flexibility index (Phi) is 9.07. The molecule has 4 rings (SSSR count). The van der Waals surface area contributed by atoms with Crippen LogP contribution < -0.4 is 25.0 Å². The van der Waals surface area contributed by atoms with Gasteiger partial charge in [0.1, 0.15) is 5.70 Å². The van der Waals surface area contributed by atoms with Gasteiger partial charge < -0.3 is 25.0 Å². The second-order valence-electron chi connectivity index (χ2n) is 9.55. The zero-order valence-corrected chi connectivity index (χ0v) is 23.1. The number of rotatable bonds is 9. The van der Waals surface area contributed by atoms with Crippen molar-refractivity contribution in [2.45, 2.75) is 32.7 Å². The van der Waals surface area contributed by atoms with Crippen LogP contribution in [-0.2, 0) is 4.79 Å². The second-order valence-corrected chi connectivity index (χ2v) is 10.5. The molecule has 200 valence electrons. The van der Waals surface area contributed by atoms with E-state index < -0.39 is 5.91 Å². The number of hydrogen-bond acceptors (Lipinski definition) is 6. The van der Waals surface area contributed by atoms with Gasteiger partial charge in [0.05, 0.1) is 20.3 Å². The summed E-state index contributed by atoms with van der Waals surface area (Å²) < 4.78 is 10.6. The van der Waals surface area contributed by atoms with Crippen LogP contribution in [0.25, 0.3) is 6.08 Å². The van der Waals surface area contributed by atoms with Crippen molar-refractivity contribution in [3.8, 4) is 11.5 Å². The zero-order chi connectivity index (χ0) is 27.1. The Labute approximate surface area is 228 Å². The van der Waals surface area contributed by atoms with Crippen molar-refractivity contribution in [3.63, 3.8) is 0 Å². The Morgan fingerprint density at radius 1 is 1.03 bits per heavy atom. The summed E-state index contributed by atoms with van der Waals surface area (Å²) in [5.74, 6) is 0.949. The molecule has 38 heavy (non-hydrogen) atoms. The van der Waals surface area contributed by atoms with Gasteiger partial charge in [-0.15, -0.1) is 11.3 Å². The third-order valence-corrected chi connectivity index (χ3v) is 7.68. The lowest BCUT2D eigenvalue weighted by Gasteiger charge is -2.32. The number of nitrogens with zero attached hydrogens (tertiary/aromatic N) is 1. The minimum Gasteiger partial charge on any atom is -0.493 e. The molecule has 0 aliphatic carbocycles. The molecule has 3 aromatic rings. The van der Waals surface area contributed by atoms with Gasteiger partial charge in [-0.2, -0.15) is 0 Å². The quantitative estimate of drug-likeness (QED) is 0.348. The van der Waals surface area contributed by atoms with Crippen LogP contribution in [0.15, 0.2) is 65.7 Å². The minimum atomic E-state index is -0.420. The normalized spacial score (nSPS) is 15.1. The third-order valence-electron chi connectivity index (χ3n) is 6.86. The number of hydrogen-bond donors (Lipinski definition) is 2. The van der Waals surface area contributed by atoms with E-state index >= 15 is 0 Å². The number of benzene rings is 2. The molecule has 0 bridgehead atoms. The van der Waals surface area contributed by atoms with Gasteiger partial charge in [0.25, 0.3) is 11.8 Å². The molecule has 1 fully saturated rings. The van der Waals surface area contributed by atoms with Crippen LogP contribution >= 0.6 is 11.3 Å². The van der Waals surface area contributed by atoms with Crippen molar-refractivity contribution in [2.24, 2.45) is 5.92 Å². The van der Waals surface area contributed by atoms with E-state index in [4.69, 9.17) is 9.47 Å². The Bertz CT molecular complexity index is 1260. The van der Waals surface area contributed by atoms with Crippen LogP contribution in [0.2, 0.25) is 0 Å². The van der Waals surface area contributed by atoms with Gasteiger partial charge in [-0.3, -0.25) is 9.59 Å². The lowest BCUT2D eigenvalue weighted by Crippen LogP contribution is -2.36. The Hall–Kier alpha value is -3.78. The summed E-state index contributed by atoms with van der Waals surface area (Å²) in [4.78, 5) is 29.7. The van der Waals surface area contributed by atoms with Crippen molar-refractivity contribution in [1.29, 1.82) is 0 Å². The average Bonchev–Trinajstić information content (AvgIpc) is 3.46. The molecule has 1 aliphatic heterocycles. The number of nitrogens with one attached hydrogen (secondary N) is 2. The highest BCUT2D eigenvalue weighted by Crippen LogP contribution is 2.28. The van der Waals surface area contributed by atoms with Crippen molar-refractivity contribution in [2.75, 3.05) is 32.2 Å². The van der Waals surface area contributed by atoms with Gasteiger partial charge in [-0.1, -0.05) is 25.1 Å². The molecule has 2 N–H and O–H groups in total. The number of methoxy groups -OCH3 is 2. The van der Waals surface area contributed by atoms with Crippen molar-refractivity contribution in [1.82, 2.24) is 10.6 Å². The Morgan fingerprint density at radius 2 is 1.74 bits per heavy atom. The number of piperidine rings is 1. The van der Waals surface area contributed by atoms with Crippen molar-refractivity contribution in [3.05, 3.63) is 81.7 Å². The summed E-state index contributed by atoms with van der Waals surface area (Å²) in [6.45, 7) is 6.39. The molecular formula is C30H35N3O4S.